The molecule has 0 unspecified atom stereocenters. The molecular formula is C21H19BrN6O. The fraction of sp³-hybridized carbons (Fsp3) is 0.0952. The van der Waals surface area contributed by atoms with Gasteiger partial charge in [0.2, 0.25) is 5.95 Å². The number of nitrogens with zero attached hydrogens (tertiary/aromatic N) is 3. The van der Waals surface area contributed by atoms with Gasteiger partial charge >= 0.3 is 0 Å². The number of pyridine rings is 1. The van der Waals surface area contributed by atoms with Crippen molar-refractivity contribution in [3.8, 4) is 11.5 Å². The summed E-state index contributed by atoms with van der Waals surface area (Å²) in [6.45, 7) is 0. The predicted octanol–water partition coefficient (Wildman–Crippen LogP) is 4.81. The van der Waals surface area contributed by atoms with Crippen molar-refractivity contribution in [2.45, 2.75) is 0 Å². The number of hydrogen-bond donors (Lipinski definition) is 3. The van der Waals surface area contributed by atoms with E-state index in [-0.39, 0.29) is 5.84 Å². The monoisotopic (exact) mass is 450 g/mol. The van der Waals surface area contributed by atoms with Crippen molar-refractivity contribution < 1.29 is 4.74 Å². The Morgan fingerprint density at radius 2 is 1.83 bits per heavy atom. The van der Waals surface area contributed by atoms with Crippen molar-refractivity contribution in [3.63, 3.8) is 0 Å². The Labute approximate surface area is 176 Å². The van der Waals surface area contributed by atoms with Crippen LogP contribution in [0, 0.1) is 5.41 Å². The second-order valence-electron chi connectivity index (χ2n) is 6.38. The largest absolute Gasteiger partial charge is 0.457 e. The number of aryl methyl sites for hydroxylation is 1. The molecule has 0 saturated heterocycles. The lowest BCUT2D eigenvalue weighted by molar-refractivity contribution is 0.482. The van der Waals surface area contributed by atoms with Crippen LogP contribution in [0.4, 0.5) is 11.6 Å². The van der Waals surface area contributed by atoms with Crippen LogP contribution < -0.4 is 15.4 Å². The minimum absolute atomic E-state index is 0.235. The lowest BCUT2D eigenvalue weighted by atomic mass is 10.3. The molecule has 4 rings (SSSR count). The number of rotatable bonds is 5. The third-order valence-corrected chi connectivity index (χ3v) is 4.95. The number of benzene rings is 2. The minimum Gasteiger partial charge on any atom is -0.457 e. The van der Waals surface area contributed by atoms with Crippen molar-refractivity contribution in [2.24, 2.45) is 7.05 Å². The summed E-state index contributed by atoms with van der Waals surface area (Å²) in [6.07, 6.45) is 1.62. The highest BCUT2D eigenvalue weighted by molar-refractivity contribution is 9.10. The molecule has 4 aromatic rings. The smallest absolute Gasteiger partial charge is 0.208 e. The predicted molar refractivity (Wildman–Crippen MR) is 118 cm³/mol. The van der Waals surface area contributed by atoms with Gasteiger partial charge in [-0.1, -0.05) is 15.9 Å². The van der Waals surface area contributed by atoms with Crippen LogP contribution in [0.2, 0.25) is 0 Å². The van der Waals surface area contributed by atoms with Gasteiger partial charge in [0, 0.05) is 42.6 Å². The van der Waals surface area contributed by atoms with Crippen LogP contribution in [0.3, 0.4) is 0 Å². The standard InChI is InChI=1S/C21H19BrN6O/c1-24-20(23)18-12-16(9-10-25-18)29-15-7-8-19-17(11-15)27-21(28(19)2)26-14-5-3-13(22)4-6-14/h3-12H,1-2H3,(H2,23,24)(H,26,27). The molecule has 0 aliphatic rings. The van der Waals surface area contributed by atoms with Gasteiger partial charge in [-0.3, -0.25) is 10.4 Å². The van der Waals surface area contributed by atoms with Crippen molar-refractivity contribution in [3.05, 3.63) is 71.0 Å². The zero-order valence-electron chi connectivity index (χ0n) is 15.9. The van der Waals surface area contributed by atoms with E-state index in [1.165, 1.54) is 0 Å². The molecule has 0 aliphatic carbocycles. The number of anilines is 2. The van der Waals surface area contributed by atoms with Gasteiger partial charge in [-0.15, -0.1) is 0 Å². The zero-order chi connectivity index (χ0) is 20.4. The van der Waals surface area contributed by atoms with Crippen LogP contribution in [0.25, 0.3) is 11.0 Å². The average Bonchev–Trinajstić information content (AvgIpc) is 3.04. The van der Waals surface area contributed by atoms with Gasteiger partial charge in [0.1, 0.15) is 23.0 Å². The maximum Gasteiger partial charge on any atom is 0.208 e. The second-order valence-corrected chi connectivity index (χ2v) is 7.30. The van der Waals surface area contributed by atoms with E-state index < -0.39 is 0 Å². The van der Waals surface area contributed by atoms with E-state index in [0.717, 1.165) is 27.1 Å². The Bertz CT molecular complexity index is 1190. The summed E-state index contributed by atoms with van der Waals surface area (Å²) in [4.78, 5) is 8.86. The number of ether oxygens (including phenoxy) is 1. The molecular weight excluding hydrogens is 432 g/mol. The highest BCUT2D eigenvalue weighted by Crippen LogP contribution is 2.28. The first-order valence-corrected chi connectivity index (χ1v) is 9.72. The van der Waals surface area contributed by atoms with Gasteiger partial charge in [-0.25, -0.2) is 4.98 Å². The third kappa shape index (κ3) is 4.07. The van der Waals surface area contributed by atoms with Crippen molar-refractivity contribution >= 4 is 44.4 Å². The lowest BCUT2D eigenvalue weighted by Gasteiger charge is -2.08. The molecule has 3 N–H and O–H groups in total. The fourth-order valence-corrected chi connectivity index (χ4v) is 3.16. The van der Waals surface area contributed by atoms with Crippen molar-refractivity contribution in [1.29, 1.82) is 5.41 Å². The van der Waals surface area contributed by atoms with Crippen LogP contribution in [0.5, 0.6) is 11.5 Å². The van der Waals surface area contributed by atoms with E-state index in [9.17, 15) is 0 Å². The molecule has 7 nitrogen and oxygen atoms in total. The molecule has 0 spiro atoms. The van der Waals surface area contributed by atoms with Crippen molar-refractivity contribution in [2.75, 3.05) is 12.4 Å². The number of fused-ring (bicyclic) bond motifs is 1. The van der Waals surface area contributed by atoms with E-state index in [4.69, 9.17) is 15.1 Å². The number of amidine groups is 1. The quantitative estimate of drug-likeness (QED) is 0.299. The fourth-order valence-electron chi connectivity index (χ4n) is 2.89. The van der Waals surface area contributed by atoms with Gasteiger partial charge in [-0.2, -0.15) is 0 Å². The number of aromatic nitrogens is 3. The first-order chi connectivity index (χ1) is 14.0. The van der Waals surface area contributed by atoms with Gasteiger partial charge in [0.05, 0.1) is 11.0 Å². The van der Waals surface area contributed by atoms with Gasteiger partial charge in [0.15, 0.2) is 0 Å². The molecule has 146 valence electrons. The van der Waals surface area contributed by atoms with E-state index in [1.54, 1.807) is 25.4 Å². The Kier molecular flexibility index (Phi) is 5.18. The Morgan fingerprint density at radius 3 is 2.59 bits per heavy atom. The molecule has 0 fully saturated rings. The minimum atomic E-state index is 0.235. The second kappa shape index (κ2) is 7.92. The molecule has 0 amide bonds. The van der Waals surface area contributed by atoms with Crippen molar-refractivity contribution in [1.82, 2.24) is 19.9 Å². The molecule has 0 atom stereocenters. The van der Waals surface area contributed by atoms with Crippen LogP contribution in [-0.2, 0) is 7.05 Å². The SMILES string of the molecule is CNC(=N)c1cc(Oc2ccc3c(c2)nc(Nc2ccc(Br)cc2)n3C)ccn1. The number of imidazole rings is 1. The molecule has 0 radical (unpaired) electrons. The first kappa shape index (κ1) is 18.9. The van der Waals surface area contributed by atoms with E-state index in [2.05, 4.69) is 31.5 Å². The average molecular weight is 451 g/mol. The topological polar surface area (TPSA) is 87.9 Å². The van der Waals surface area contributed by atoms with Crippen LogP contribution in [-0.4, -0.2) is 27.4 Å². The maximum absolute atomic E-state index is 7.84. The summed E-state index contributed by atoms with van der Waals surface area (Å²) < 4.78 is 8.99. The number of halogens is 1. The Hall–Kier alpha value is -3.39. The Morgan fingerprint density at radius 1 is 1.07 bits per heavy atom. The zero-order valence-corrected chi connectivity index (χ0v) is 17.5. The molecule has 0 saturated carbocycles. The summed E-state index contributed by atoms with van der Waals surface area (Å²) in [6, 6.07) is 17.2. The highest BCUT2D eigenvalue weighted by Gasteiger charge is 2.10. The van der Waals surface area contributed by atoms with E-state index >= 15 is 0 Å². The first-order valence-electron chi connectivity index (χ1n) is 8.93. The molecule has 0 aliphatic heterocycles. The summed E-state index contributed by atoms with van der Waals surface area (Å²) in [7, 11) is 3.65. The highest BCUT2D eigenvalue weighted by atomic mass is 79.9. The lowest BCUT2D eigenvalue weighted by Crippen LogP contribution is -2.19. The molecule has 2 heterocycles. The van der Waals surface area contributed by atoms with Crippen LogP contribution >= 0.6 is 15.9 Å². The summed E-state index contributed by atoms with van der Waals surface area (Å²) >= 11 is 3.44. The van der Waals surface area contributed by atoms with E-state index in [1.807, 2.05) is 54.1 Å². The maximum atomic E-state index is 7.84. The number of hydrogen-bond acceptors (Lipinski definition) is 5. The van der Waals surface area contributed by atoms with Gasteiger partial charge in [-0.05, 0) is 42.5 Å². The molecule has 29 heavy (non-hydrogen) atoms. The van der Waals surface area contributed by atoms with Gasteiger partial charge in [0.25, 0.3) is 0 Å². The van der Waals surface area contributed by atoms with E-state index in [0.29, 0.717) is 17.2 Å². The summed E-state index contributed by atoms with van der Waals surface area (Å²) in [5, 5.41) is 13.9. The molecule has 2 aromatic carbocycles. The summed E-state index contributed by atoms with van der Waals surface area (Å²) in [5.74, 6) is 2.25. The van der Waals surface area contributed by atoms with Gasteiger partial charge < -0.3 is 19.9 Å². The third-order valence-electron chi connectivity index (χ3n) is 4.43. The summed E-state index contributed by atoms with van der Waals surface area (Å²) in [5.41, 5.74) is 3.29. The molecule has 2 aromatic heterocycles. The molecule has 8 heteroatoms. The number of nitrogens with one attached hydrogen (secondary N) is 3. The molecule has 0 bridgehead atoms. The Balaban J connectivity index is 1.59. The normalized spacial score (nSPS) is 10.7. The van der Waals surface area contributed by atoms with Crippen LogP contribution in [0.1, 0.15) is 5.69 Å². The van der Waals surface area contributed by atoms with Crippen LogP contribution in [0.15, 0.2) is 65.3 Å².